The Morgan fingerprint density at radius 1 is 1.33 bits per heavy atom. The second-order valence-electron chi connectivity index (χ2n) is 4.72. The van der Waals surface area contributed by atoms with Crippen molar-refractivity contribution in [3.63, 3.8) is 0 Å². The Morgan fingerprint density at radius 3 is 2.72 bits per heavy atom. The van der Waals surface area contributed by atoms with Gasteiger partial charge in [0.05, 0.1) is 6.61 Å². The molecule has 1 unspecified atom stereocenters. The van der Waals surface area contributed by atoms with Crippen molar-refractivity contribution in [2.75, 3.05) is 20.2 Å². The molecule has 0 aliphatic rings. The number of ether oxygens (including phenoxy) is 1. The largest absolute Gasteiger partial charge is 0.494 e. The third-order valence-electron chi connectivity index (χ3n) is 3.13. The summed E-state index contributed by atoms with van der Waals surface area (Å²) in [5, 5.41) is 3.20. The molecule has 0 radical (unpaired) electrons. The van der Waals surface area contributed by atoms with Gasteiger partial charge >= 0.3 is 0 Å². The molecule has 1 rings (SSSR count). The van der Waals surface area contributed by atoms with Crippen LogP contribution < -0.4 is 10.1 Å². The zero-order valence-corrected chi connectivity index (χ0v) is 13.2. The van der Waals surface area contributed by atoms with Crippen LogP contribution in [0.4, 0.5) is 0 Å². The van der Waals surface area contributed by atoms with E-state index in [0.717, 1.165) is 29.1 Å². The lowest BCUT2D eigenvalue weighted by molar-refractivity contribution is 0.340. The summed E-state index contributed by atoms with van der Waals surface area (Å²) < 4.78 is 6.64. The normalized spacial score (nSPS) is 12.4. The van der Waals surface area contributed by atoms with Crippen LogP contribution >= 0.6 is 15.9 Å². The molecule has 1 aromatic rings. The molecule has 0 saturated heterocycles. The van der Waals surface area contributed by atoms with E-state index in [0.29, 0.717) is 6.61 Å². The van der Waals surface area contributed by atoms with Crippen molar-refractivity contribution in [2.24, 2.45) is 5.92 Å². The summed E-state index contributed by atoms with van der Waals surface area (Å²) in [6.45, 7) is 6.14. The third-order valence-corrected chi connectivity index (χ3v) is 3.87. The molecule has 102 valence electrons. The maximum absolute atomic E-state index is 5.48. The van der Waals surface area contributed by atoms with Gasteiger partial charge in [0.25, 0.3) is 0 Å². The predicted molar refractivity (Wildman–Crippen MR) is 81.3 cm³/mol. The minimum absolute atomic E-state index is 0.715. The lowest BCUT2D eigenvalue weighted by Gasteiger charge is -2.12. The van der Waals surface area contributed by atoms with E-state index in [1.807, 2.05) is 14.0 Å². The van der Waals surface area contributed by atoms with Crippen LogP contribution in [0, 0.1) is 5.92 Å². The van der Waals surface area contributed by atoms with E-state index in [4.69, 9.17) is 4.74 Å². The molecule has 0 saturated carbocycles. The summed E-state index contributed by atoms with van der Waals surface area (Å²) in [6.07, 6.45) is 3.59. The average Bonchev–Trinajstić information content (AvgIpc) is 2.35. The fourth-order valence-electron chi connectivity index (χ4n) is 1.92. The molecule has 18 heavy (non-hydrogen) atoms. The number of hydrogen-bond acceptors (Lipinski definition) is 2. The maximum Gasteiger partial charge on any atom is 0.120 e. The second kappa shape index (κ2) is 8.54. The first kappa shape index (κ1) is 15.5. The van der Waals surface area contributed by atoms with Crippen LogP contribution in [0.1, 0.15) is 32.3 Å². The van der Waals surface area contributed by atoms with Crippen molar-refractivity contribution < 1.29 is 4.74 Å². The topological polar surface area (TPSA) is 21.3 Å². The highest BCUT2D eigenvalue weighted by molar-refractivity contribution is 9.10. The molecule has 0 aromatic heterocycles. The first-order valence-electron chi connectivity index (χ1n) is 6.73. The second-order valence-corrected chi connectivity index (χ2v) is 5.58. The highest BCUT2D eigenvalue weighted by Crippen LogP contribution is 2.25. The Morgan fingerprint density at radius 2 is 2.11 bits per heavy atom. The molecule has 0 amide bonds. The molecule has 3 heteroatoms. The Balaban J connectivity index is 2.47. The number of hydrogen-bond donors (Lipinski definition) is 1. The van der Waals surface area contributed by atoms with Gasteiger partial charge in [-0.15, -0.1) is 0 Å². The van der Waals surface area contributed by atoms with Crippen molar-refractivity contribution in [1.82, 2.24) is 5.32 Å². The molecule has 1 aromatic carbocycles. The van der Waals surface area contributed by atoms with Gasteiger partial charge in [-0.2, -0.15) is 0 Å². The fraction of sp³-hybridized carbons (Fsp3) is 0.600. The van der Waals surface area contributed by atoms with Gasteiger partial charge in [-0.1, -0.05) is 28.9 Å². The lowest BCUT2D eigenvalue weighted by atomic mass is 9.98. The van der Waals surface area contributed by atoms with Crippen LogP contribution in [-0.4, -0.2) is 20.2 Å². The summed E-state index contributed by atoms with van der Waals surface area (Å²) in [5.41, 5.74) is 1.37. The van der Waals surface area contributed by atoms with E-state index in [1.165, 1.54) is 18.4 Å². The van der Waals surface area contributed by atoms with Crippen molar-refractivity contribution in [1.29, 1.82) is 0 Å². The number of nitrogens with one attached hydrogen (secondary N) is 1. The molecule has 0 aliphatic carbocycles. The number of benzene rings is 1. The minimum atomic E-state index is 0.715. The summed E-state index contributed by atoms with van der Waals surface area (Å²) in [4.78, 5) is 0. The number of halogens is 1. The zero-order chi connectivity index (χ0) is 13.4. The van der Waals surface area contributed by atoms with E-state index in [2.05, 4.69) is 46.4 Å². The van der Waals surface area contributed by atoms with Gasteiger partial charge in [0.1, 0.15) is 5.75 Å². The van der Waals surface area contributed by atoms with E-state index >= 15 is 0 Å². The summed E-state index contributed by atoms with van der Waals surface area (Å²) in [7, 11) is 2.01. The standard InChI is InChI=1S/C15H24BrNO/c1-4-18-14-8-7-13(15(16)11-14)6-5-12(2)9-10-17-3/h7-8,11-12,17H,4-6,9-10H2,1-3H3. The van der Waals surface area contributed by atoms with Gasteiger partial charge < -0.3 is 10.1 Å². The summed E-state index contributed by atoms with van der Waals surface area (Å²) >= 11 is 3.63. The van der Waals surface area contributed by atoms with Gasteiger partial charge in [0.15, 0.2) is 0 Å². The van der Waals surface area contributed by atoms with Crippen molar-refractivity contribution >= 4 is 15.9 Å². The van der Waals surface area contributed by atoms with Gasteiger partial charge in [0, 0.05) is 4.47 Å². The van der Waals surface area contributed by atoms with Crippen molar-refractivity contribution in [2.45, 2.75) is 33.1 Å². The highest BCUT2D eigenvalue weighted by atomic mass is 79.9. The van der Waals surface area contributed by atoms with Crippen LogP contribution in [0.3, 0.4) is 0 Å². The van der Waals surface area contributed by atoms with Crippen LogP contribution in [0.15, 0.2) is 22.7 Å². The van der Waals surface area contributed by atoms with Crippen molar-refractivity contribution in [3.8, 4) is 5.75 Å². The van der Waals surface area contributed by atoms with Crippen LogP contribution in [0.2, 0.25) is 0 Å². The Hall–Kier alpha value is -0.540. The van der Waals surface area contributed by atoms with Crippen LogP contribution in [-0.2, 0) is 6.42 Å². The van der Waals surface area contributed by atoms with E-state index < -0.39 is 0 Å². The molecule has 0 heterocycles. The molecular weight excluding hydrogens is 290 g/mol. The molecule has 0 spiro atoms. The first-order chi connectivity index (χ1) is 8.67. The van der Waals surface area contributed by atoms with E-state index in [1.54, 1.807) is 0 Å². The zero-order valence-electron chi connectivity index (χ0n) is 11.6. The third kappa shape index (κ3) is 5.40. The maximum atomic E-state index is 5.48. The Kier molecular flexibility index (Phi) is 7.36. The quantitative estimate of drug-likeness (QED) is 0.782. The van der Waals surface area contributed by atoms with Crippen molar-refractivity contribution in [3.05, 3.63) is 28.2 Å². The molecule has 0 bridgehead atoms. The molecule has 0 aliphatic heterocycles. The fourth-order valence-corrected chi connectivity index (χ4v) is 2.48. The van der Waals surface area contributed by atoms with Crippen LogP contribution in [0.25, 0.3) is 0 Å². The molecular formula is C15H24BrNO. The number of aryl methyl sites for hydroxylation is 1. The molecule has 1 atom stereocenters. The van der Waals surface area contributed by atoms with Gasteiger partial charge in [-0.05, 0) is 63.4 Å². The number of rotatable bonds is 8. The Bertz CT molecular complexity index is 354. The van der Waals surface area contributed by atoms with E-state index in [9.17, 15) is 0 Å². The smallest absolute Gasteiger partial charge is 0.120 e. The molecule has 0 fully saturated rings. The first-order valence-corrected chi connectivity index (χ1v) is 7.52. The highest BCUT2D eigenvalue weighted by Gasteiger charge is 2.06. The van der Waals surface area contributed by atoms with Gasteiger partial charge in [-0.3, -0.25) is 0 Å². The SMILES string of the molecule is CCOc1ccc(CCC(C)CCNC)c(Br)c1. The summed E-state index contributed by atoms with van der Waals surface area (Å²) in [5.74, 6) is 1.70. The lowest BCUT2D eigenvalue weighted by Crippen LogP contribution is -2.12. The van der Waals surface area contributed by atoms with E-state index in [-0.39, 0.29) is 0 Å². The molecule has 1 N–H and O–H groups in total. The average molecular weight is 314 g/mol. The monoisotopic (exact) mass is 313 g/mol. The van der Waals surface area contributed by atoms with Gasteiger partial charge in [-0.25, -0.2) is 0 Å². The van der Waals surface area contributed by atoms with Gasteiger partial charge in [0.2, 0.25) is 0 Å². The van der Waals surface area contributed by atoms with Crippen LogP contribution in [0.5, 0.6) is 5.75 Å². The minimum Gasteiger partial charge on any atom is -0.494 e. The molecule has 2 nitrogen and oxygen atoms in total. The Labute approximate surface area is 119 Å². The predicted octanol–water partition coefficient (Wildman–Crippen LogP) is 4.03. The summed E-state index contributed by atoms with van der Waals surface area (Å²) in [6, 6.07) is 6.29.